The van der Waals surface area contributed by atoms with Crippen molar-refractivity contribution in [2.75, 3.05) is 0 Å². The lowest BCUT2D eigenvalue weighted by Crippen LogP contribution is -2.47. The van der Waals surface area contributed by atoms with Gasteiger partial charge in [0.05, 0.1) is 0 Å². The standard InChI is InChI=1S/C11H17N3O6S/c1-6(2)8(10(16)17)12-21(19,20)7-5-13(3)11(18)14(4)9(7)15/h5-6,8,12H,1-4H3,(H,16,17). The van der Waals surface area contributed by atoms with E-state index in [1.807, 2.05) is 4.72 Å². The molecule has 1 atom stereocenters. The van der Waals surface area contributed by atoms with Gasteiger partial charge in [-0.25, -0.2) is 13.2 Å². The summed E-state index contributed by atoms with van der Waals surface area (Å²) in [6, 6.07) is -1.38. The number of hydrogen-bond acceptors (Lipinski definition) is 5. The number of rotatable bonds is 5. The van der Waals surface area contributed by atoms with Gasteiger partial charge in [0.1, 0.15) is 6.04 Å². The van der Waals surface area contributed by atoms with E-state index in [9.17, 15) is 22.8 Å². The van der Waals surface area contributed by atoms with Crippen LogP contribution in [-0.2, 0) is 28.9 Å². The highest BCUT2D eigenvalue weighted by atomic mass is 32.2. The number of aliphatic carboxylic acids is 1. The molecule has 0 aliphatic rings. The molecule has 1 unspecified atom stereocenters. The first-order chi connectivity index (χ1) is 9.49. The summed E-state index contributed by atoms with van der Waals surface area (Å²) in [5.74, 6) is -1.87. The zero-order valence-electron chi connectivity index (χ0n) is 12.0. The lowest BCUT2D eigenvalue weighted by Gasteiger charge is -2.18. The lowest BCUT2D eigenvalue weighted by molar-refractivity contribution is -0.140. The Bertz CT molecular complexity index is 774. The highest BCUT2D eigenvalue weighted by Gasteiger charge is 2.30. The van der Waals surface area contributed by atoms with Gasteiger partial charge in [-0.3, -0.25) is 14.2 Å². The minimum Gasteiger partial charge on any atom is -0.480 e. The third-order valence-corrected chi connectivity index (χ3v) is 4.34. The summed E-state index contributed by atoms with van der Waals surface area (Å²) in [6.45, 7) is 3.06. The number of carbonyl (C=O) groups is 1. The van der Waals surface area contributed by atoms with Gasteiger partial charge in [-0.05, 0) is 5.92 Å². The van der Waals surface area contributed by atoms with E-state index >= 15 is 0 Å². The monoisotopic (exact) mass is 319 g/mol. The van der Waals surface area contributed by atoms with E-state index in [0.29, 0.717) is 4.57 Å². The first-order valence-electron chi connectivity index (χ1n) is 6.01. The summed E-state index contributed by atoms with van der Waals surface area (Å²) >= 11 is 0. The maximum absolute atomic E-state index is 12.2. The van der Waals surface area contributed by atoms with E-state index in [-0.39, 0.29) is 0 Å². The predicted octanol–water partition coefficient (Wildman–Crippen LogP) is -1.53. The molecule has 0 aromatic carbocycles. The van der Waals surface area contributed by atoms with Crippen molar-refractivity contribution in [1.82, 2.24) is 13.9 Å². The van der Waals surface area contributed by atoms with Crippen LogP contribution in [0.25, 0.3) is 0 Å². The number of nitrogens with zero attached hydrogens (tertiary/aromatic N) is 2. The van der Waals surface area contributed by atoms with Crippen molar-refractivity contribution in [3.63, 3.8) is 0 Å². The largest absolute Gasteiger partial charge is 0.480 e. The van der Waals surface area contributed by atoms with Crippen LogP contribution < -0.4 is 16.0 Å². The van der Waals surface area contributed by atoms with Crippen LogP contribution in [0.15, 0.2) is 20.7 Å². The van der Waals surface area contributed by atoms with E-state index in [0.717, 1.165) is 17.8 Å². The van der Waals surface area contributed by atoms with Gasteiger partial charge in [0.25, 0.3) is 5.56 Å². The molecule has 0 bridgehead atoms. The van der Waals surface area contributed by atoms with Crippen LogP contribution in [0.2, 0.25) is 0 Å². The summed E-state index contributed by atoms with van der Waals surface area (Å²) < 4.78 is 27.9. The molecule has 10 heteroatoms. The van der Waals surface area contributed by atoms with Crippen molar-refractivity contribution in [3.05, 3.63) is 27.0 Å². The van der Waals surface area contributed by atoms with Crippen LogP contribution in [0.3, 0.4) is 0 Å². The molecule has 1 rings (SSSR count). The molecule has 118 valence electrons. The van der Waals surface area contributed by atoms with E-state index in [1.165, 1.54) is 20.9 Å². The van der Waals surface area contributed by atoms with E-state index in [4.69, 9.17) is 5.11 Å². The predicted molar refractivity (Wildman–Crippen MR) is 73.5 cm³/mol. The third-order valence-electron chi connectivity index (χ3n) is 2.92. The van der Waals surface area contributed by atoms with Gasteiger partial charge in [-0.15, -0.1) is 0 Å². The summed E-state index contributed by atoms with van der Waals surface area (Å²) in [4.78, 5) is 33.8. The molecule has 0 spiro atoms. The van der Waals surface area contributed by atoms with Gasteiger partial charge in [0, 0.05) is 20.3 Å². The number of nitrogens with one attached hydrogen (secondary N) is 1. The van der Waals surface area contributed by atoms with E-state index < -0.39 is 44.1 Å². The summed E-state index contributed by atoms with van der Waals surface area (Å²) in [5.41, 5.74) is -1.70. The average Bonchev–Trinajstić information content (AvgIpc) is 2.37. The second kappa shape index (κ2) is 5.82. The molecule has 0 amide bonds. The third kappa shape index (κ3) is 3.39. The summed E-state index contributed by atoms with van der Waals surface area (Å²) in [6.07, 6.45) is 0.867. The molecule has 21 heavy (non-hydrogen) atoms. The Morgan fingerprint density at radius 1 is 1.29 bits per heavy atom. The Morgan fingerprint density at radius 2 is 1.81 bits per heavy atom. The van der Waals surface area contributed by atoms with Gasteiger partial charge < -0.3 is 9.67 Å². The maximum Gasteiger partial charge on any atom is 0.330 e. The van der Waals surface area contributed by atoms with Crippen molar-refractivity contribution in [2.24, 2.45) is 20.0 Å². The van der Waals surface area contributed by atoms with Gasteiger partial charge >= 0.3 is 11.7 Å². The fourth-order valence-corrected chi connectivity index (χ4v) is 3.16. The van der Waals surface area contributed by atoms with Gasteiger partial charge in [0.15, 0.2) is 4.90 Å². The minimum atomic E-state index is -4.37. The Hall–Kier alpha value is -1.94. The minimum absolute atomic E-state index is 0.520. The molecule has 2 N–H and O–H groups in total. The number of aryl methyl sites for hydroxylation is 1. The first kappa shape index (κ1) is 17.1. The fourth-order valence-electron chi connectivity index (χ4n) is 1.66. The molecule has 1 aromatic heterocycles. The topological polar surface area (TPSA) is 127 Å². The van der Waals surface area contributed by atoms with Crippen LogP contribution in [0.4, 0.5) is 0 Å². The number of carboxylic acids is 1. The average molecular weight is 319 g/mol. The number of sulfonamides is 1. The van der Waals surface area contributed by atoms with E-state index in [1.54, 1.807) is 0 Å². The zero-order chi connectivity index (χ0) is 16.5. The molecule has 0 aliphatic heterocycles. The zero-order valence-corrected chi connectivity index (χ0v) is 12.8. The molecular formula is C11H17N3O6S. The number of hydrogen-bond donors (Lipinski definition) is 2. The molecule has 0 radical (unpaired) electrons. The van der Waals surface area contributed by atoms with Crippen LogP contribution in [0, 0.1) is 5.92 Å². The molecule has 1 heterocycles. The molecule has 0 aliphatic carbocycles. The van der Waals surface area contributed by atoms with Gasteiger partial charge in [-0.2, -0.15) is 4.72 Å². The maximum atomic E-state index is 12.2. The molecule has 0 saturated carbocycles. The molecule has 0 fully saturated rings. The van der Waals surface area contributed by atoms with Crippen molar-refractivity contribution in [1.29, 1.82) is 0 Å². The molecule has 9 nitrogen and oxygen atoms in total. The normalized spacial score (nSPS) is 13.4. The SMILES string of the molecule is CC(C)C(NS(=O)(=O)c1cn(C)c(=O)n(C)c1=O)C(=O)O. The van der Waals surface area contributed by atoms with Gasteiger partial charge in [-0.1, -0.05) is 13.8 Å². The Balaban J connectivity index is 3.43. The fraction of sp³-hybridized carbons (Fsp3) is 0.545. The molecular weight excluding hydrogens is 302 g/mol. The lowest BCUT2D eigenvalue weighted by atomic mass is 10.1. The van der Waals surface area contributed by atoms with Crippen LogP contribution in [0.5, 0.6) is 0 Å². The first-order valence-corrected chi connectivity index (χ1v) is 7.49. The summed E-state index contributed by atoms with van der Waals surface area (Å²) in [7, 11) is -1.94. The van der Waals surface area contributed by atoms with Crippen LogP contribution in [-0.4, -0.2) is 34.7 Å². The van der Waals surface area contributed by atoms with Gasteiger partial charge in [0.2, 0.25) is 10.0 Å². The van der Waals surface area contributed by atoms with E-state index in [2.05, 4.69) is 0 Å². The highest BCUT2D eigenvalue weighted by molar-refractivity contribution is 7.89. The Morgan fingerprint density at radius 3 is 2.24 bits per heavy atom. The quantitative estimate of drug-likeness (QED) is 0.678. The van der Waals surface area contributed by atoms with Crippen molar-refractivity contribution < 1.29 is 18.3 Å². The smallest absolute Gasteiger partial charge is 0.330 e. The van der Waals surface area contributed by atoms with Crippen LogP contribution >= 0.6 is 0 Å². The van der Waals surface area contributed by atoms with Crippen molar-refractivity contribution in [2.45, 2.75) is 24.8 Å². The molecule has 0 saturated heterocycles. The Labute approximate surface area is 120 Å². The Kier molecular flexibility index (Phi) is 4.74. The molecule has 1 aromatic rings. The summed E-state index contributed by atoms with van der Waals surface area (Å²) in [5, 5.41) is 9.01. The number of carboxylic acid groups (broad SMARTS) is 1. The van der Waals surface area contributed by atoms with Crippen LogP contribution in [0.1, 0.15) is 13.8 Å². The second-order valence-corrected chi connectivity index (χ2v) is 6.61. The second-order valence-electron chi connectivity index (χ2n) is 4.93. The van der Waals surface area contributed by atoms with Crippen molar-refractivity contribution >= 4 is 16.0 Å². The van der Waals surface area contributed by atoms with Crippen molar-refractivity contribution in [3.8, 4) is 0 Å². The highest BCUT2D eigenvalue weighted by Crippen LogP contribution is 2.07. The number of aromatic nitrogens is 2.